The van der Waals surface area contributed by atoms with Gasteiger partial charge in [-0.15, -0.1) is 0 Å². The molecular formula is C25H22F6N4. The first kappa shape index (κ1) is 24.6. The molecule has 184 valence electrons. The number of aromatic nitrogens is 4. The molecule has 35 heavy (non-hydrogen) atoms. The van der Waals surface area contributed by atoms with Crippen molar-refractivity contribution in [1.29, 1.82) is 0 Å². The Morgan fingerprint density at radius 1 is 0.600 bits per heavy atom. The van der Waals surface area contributed by atoms with Crippen molar-refractivity contribution in [2.45, 2.75) is 45.5 Å². The second kappa shape index (κ2) is 8.28. The van der Waals surface area contributed by atoms with Crippen molar-refractivity contribution in [3.05, 3.63) is 94.8 Å². The van der Waals surface area contributed by atoms with E-state index in [0.717, 1.165) is 12.1 Å². The van der Waals surface area contributed by atoms with Crippen LogP contribution in [0.15, 0.2) is 60.9 Å². The molecule has 0 spiro atoms. The van der Waals surface area contributed by atoms with E-state index in [4.69, 9.17) is 0 Å². The third-order valence-corrected chi connectivity index (χ3v) is 6.14. The molecule has 0 N–H and O–H groups in total. The predicted octanol–water partition coefficient (Wildman–Crippen LogP) is 7.04. The lowest BCUT2D eigenvalue weighted by Gasteiger charge is -2.25. The zero-order valence-corrected chi connectivity index (χ0v) is 19.3. The van der Waals surface area contributed by atoms with E-state index in [-0.39, 0.29) is 11.4 Å². The fourth-order valence-corrected chi connectivity index (χ4v) is 4.06. The topological polar surface area (TPSA) is 35.6 Å². The minimum absolute atomic E-state index is 0.0173. The molecule has 0 fully saturated rings. The maximum absolute atomic E-state index is 13.2. The molecule has 0 aliphatic heterocycles. The summed E-state index contributed by atoms with van der Waals surface area (Å²) in [4.78, 5) is 9.21. The SMILES string of the molecule is Cc1c(C(F)(F)F)ccn1-c1cccc(C(C)(C)c2cccc(-n3ccc(C(F)(F)F)c3C)n2)n1. The minimum Gasteiger partial charge on any atom is -0.305 e. The largest absolute Gasteiger partial charge is 0.418 e. The van der Waals surface area contributed by atoms with E-state index in [1.165, 1.54) is 35.4 Å². The zero-order valence-electron chi connectivity index (χ0n) is 19.3. The van der Waals surface area contributed by atoms with Gasteiger partial charge < -0.3 is 9.13 Å². The third kappa shape index (κ3) is 4.44. The second-order valence-corrected chi connectivity index (χ2v) is 8.75. The molecule has 0 saturated heterocycles. The van der Waals surface area contributed by atoms with E-state index in [2.05, 4.69) is 9.97 Å². The Morgan fingerprint density at radius 2 is 0.971 bits per heavy atom. The van der Waals surface area contributed by atoms with Crippen molar-refractivity contribution in [1.82, 2.24) is 19.1 Å². The van der Waals surface area contributed by atoms with Crippen LogP contribution in [-0.2, 0) is 17.8 Å². The summed E-state index contributed by atoms with van der Waals surface area (Å²) in [5.41, 5.74) is -1.15. The maximum Gasteiger partial charge on any atom is 0.418 e. The molecule has 0 saturated carbocycles. The number of hydrogen-bond acceptors (Lipinski definition) is 2. The molecule has 0 aromatic carbocycles. The summed E-state index contributed by atoms with van der Waals surface area (Å²) < 4.78 is 82.1. The molecule has 4 rings (SSSR count). The van der Waals surface area contributed by atoms with Crippen LogP contribution in [0.3, 0.4) is 0 Å². The molecule has 0 aliphatic carbocycles. The summed E-state index contributed by atoms with van der Waals surface area (Å²) >= 11 is 0. The first-order valence-corrected chi connectivity index (χ1v) is 10.7. The van der Waals surface area contributed by atoms with Crippen LogP contribution >= 0.6 is 0 Å². The van der Waals surface area contributed by atoms with Crippen LogP contribution in [0.5, 0.6) is 0 Å². The molecule has 4 heterocycles. The molecule has 0 amide bonds. The van der Waals surface area contributed by atoms with Crippen LogP contribution in [0, 0.1) is 13.8 Å². The summed E-state index contributed by atoms with van der Waals surface area (Å²) in [6.07, 6.45) is -6.30. The second-order valence-electron chi connectivity index (χ2n) is 8.75. The number of pyridine rings is 2. The molecule has 0 atom stereocenters. The van der Waals surface area contributed by atoms with Crippen molar-refractivity contribution in [3.8, 4) is 11.6 Å². The Kier molecular flexibility index (Phi) is 5.81. The highest BCUT2D eigenvalue weighted by Gasteiger charge is 2.35. The lowest BCUT2D eigenvalue weighted by molar-refractivity contribution is -0.138. The number of nitrogens with zero attached hydrogens (tertiary/aromatic N) is 4. The van der Waals surface area contributed by atoms with Gasteiger partial charge in [-0.3, -0.25) is 0 Å². The normalized spacial score (nSPS) is 12.9. The van der Waals surface area contributed by atoms with Gasteiger partial charge in [0, 0.05) is 29.2 Å². The smallest absolute Gasteiger partial charge is 0.305 e. The maximum atomic E-state index is 13.2. The van der Waals surface area contributed by atoms with Crippen molar-refractivity contribution < 1.29 is 26.3 Å². The summed E-state index contributed by atoms with van der Waals surface area (Å²) in [6, 6.07) is 12.1. The Bertz CT molecular complexity index is 1270. The summed E-state index contributed by atoms with van der Waals surface area (Å²) in [5, 5.41) is 0. The van der Waals surface area contributed by atoms with Crippen molar-refractivity contribution in [2.24, 2.45) is 0 Å². The first-order chi connectivity index (χ1) is 16.2. The van der Waals surface area contributed by atoms with Crippen molar-refractivity contribution in [2.75, 3.05) is 0 Å². The Labute approximate surface area is 197 Å². The highest BCUT2D eigenvalue weighted by molar-refractivity contribution is 5.40. The van der Waals surface area contributed by atoms with Gasteiger partial charge >= 0.3 is 12.4 Å². The van der Waals surface area contributed by atoms with Crippen LogP contribution in [0.1, 0.15) is 47.8 Å². The number of halogens is 6. The Hall–Kier alpha value is -3.56. The quantitative estimate of drug-likeness (QED) is 0.287. The molecule has 0 radical (unpaired) electrons. The predicted molar refractivity (Wildman–Crippen MR) is 119 cm³/mol. The van der Waals surface area contributed by atoms with Gasteiger partial charge in [0.05, 0.1) is 22.5 Å². The van der Waals surface area contributed by atoms with Gasteiger partial charge in [0.25, 0.3) is 0 Å². The van der Waals surface area contributed by atoms with Crippen LogP contribution < -0.4 is 0 Å². The van der Waals surface area contributed by atoms with E-state index in [9.17, 15) is 26.3 Å². The van der Waals surface area contributed by atoms with Gasteiger partial charge in [0.15, 0.2) is 0 Å². The lowest BCUT2D eigenvalue weighted by atomic mass is 9.84. The molecule has 4 aromatic rings. The molecule has 10 heteroatoms. The van der Waals surface area contributed by atoms with Crippen molar-refractivity contribution >= 4 is 0 Å². The van der Waals surface area contributed by atoms with Gasteiger partial charge in [-0.05, 0) is 64.1 Å². The molecule has 4 aromatic heterocycles. The van der Waals surface area contributed by atoms with Crippen LogP contribution in [0.4, 0.5) is 26.3 Å². The van der Waals surface area contributed by atoms with E-state index < -0.39 is 28.9 Å². The van der Waals surface area contributed by atoms with Crippen LogP contribution in [-0.4, -0.2) is 19.1 Å². The fraction of sp³-hybridized carbons (Fsp3) is 0.280. The summed E-state index contributed by atoms with van der Waals surface area (Å²) in [6.45, 7) is 6.45. The number of hydrogen-bond donors (Lipinski definition) is 0. The van der Waals surface area contributed by atoms with Gasteiger partial charge in [0.1, 0.15) is 11.6 Å². The van der Waals surface area contributed by atoms with E-state index >= 15 is 0 Å². The van der Waals surface area contributed by atoms with Gasteiger partial charge in [-0.25, -0.2) is 9.97 Å². The summed E-state index contributed by atoms with van der Waals surface area (Å²) in [5.74, 6) is 0.631. The zero-order chi connectivity index (χ0) is 25.8. The van der Waals surface area contributed by atoms with Gasteiger partial charge in [-0.2, -0.15) is 26.3 Å². The summed E-state index contributed by atoms with van der Waals surface area (Å²) in [7, 11) is 0. The van der Waals surface area contributed by atoms with E-state index in [1.54, 1.807) is 36.4 Å². The third-order valence-electron chi connectivity index (χ3n) is 6.14. The number of alkyl halides is 6. The molecule has 4 nitrogen and oxygen atoms in total. The lowest BCUT2D eigenvalue weighted by Crippen LogP contribution is -2.23. The van der Waals surface area contributed by atoms with E-state index in [1.807, 2.05) is 13.8 Å². The average molecular weight is 492 g/mol. The van der Waals surface area contributed by atoms with Gasteiger partial charge in [0.2, 0.25) is 0 Å². The van der Waals surface area contributed by atoms with Crippen LogP contribution in [0.25, 0.3) is 11.6 Å². The van der Waals surface area contributed by atoms with E-state index in [0.29, 0.717) is 23.0 Å². The average Bonchev–Trinajstić information content (AvgIpc) is 3.36. The van der Waals surface area contributed by atoms with Crippen LogP contribution in [0.2, 0.25) is 0 Å². The van der Waals surface area contributed by atoms with Crippen molar-refractivity contribution in [3.63, 3.8) is 0 Å². The molecule has 0 unspecified atom stereocenters. The Morgan fingerprint density at radius 3 is 1.29 bits per heavy atom. The fourth-order valence-electron chi connectivity index (χ4n) is 4.06. The Balaban J connectivity index is 1.73. The standard InChI is InChI=1S/C25H22F6N4/c1-15-17(24(26,27)28)11-13-34(15)21-9-5-7-19(32-21)23(3,4)20-8-6-10-22(33-20)35-14-12-18(16(35)2)25(29,30)31/h5-14H,1-4H3. The monoisotopic (exact) mass is 492 g/mol. The molecular weight excluding hydrogens is 470 g/mol. The molecule has 0 aliphatic rings. The molecule has 0 bridgehead atoms. The highest BCUT2D eigenvalue weighted by atomic mass is 19.4. The number of rotatable bonds is 4. The minimum atomic E-state index is -4.47. The highest BCUT2D eigenvalue weighted by Crippen LogP contribution is 2.35. The van der Waals surface area contributed by atoms with Gasteiger partial charge in [-0.1, -0.05) is 12.1 Å². The first-order valence-electron chi connectivity index (χ1n) is 10.7.